The van der Waals surface area contributed by atoms with Crippen molar-refractivity contribution in [3.8, 4) is 0 Å². The van der Waals surface area contributed by atoms with Crippen molar-refractivity contribution in [1.29, 1.82) is 0 Å². The smallest absolute Gasteiger partial charge is 0.320 e. The summed E-state index contributed by atoms with van der Waals surface area (Å²) in [7, 11) is -3.44. The van der Waals surface area contributed by atoms with Gasteiger partial charge in [-0.15, -0.1) is 0 Å². The maximum atomic E-state index is 13.9. The molecule has 2 saturated heterocycles. The number of halogens is 1. The molecule has 2 spiro atoms. The van der Waals surface area contributed by atoms with E-state index in [9.17, 15) is 22.7 Å². The molecule has 5 aliphatic rings. The zero-order valence-corrected chi connectivity index (χ0v) is 21.8. The molecule has 3 heterocycles. The Balaban J connectivity index is 0.862. The van der Waals surface area contributed by atoms with Gasteiger partial charge >= 0.3 is 6.03 Å². The summed E-state index contributed by atoms with van der Waals surface area (Å²) in [6, 6.07) is 4.52. The monoisotopic (exact) mass is 529 g/mol. The van der Waals surface area contributed by atoms with Gasteiger partial charge < -0.3 is 14.9 Å². The van der Waals surface area contributed by atoms with Crippen LogP contribution in [0.5, 0.6) is 0 Å². The number of amides is 2. The summed E-state index contributed by atoms with van der Waals surface area (Å²) in [6.07, 6.45) is 8.92. The van der Waals surface area contributed by atoms with E-state index in [1.165, 1.54) is 6.07 Å². The second-order valence-corrected chi connectivity index (χ2v) is 14.7. The minimum absolute atomic E-state index is 0.0323. The van der Waals surface area contributed by atoms with Gasteiger partial charge in [-0.3, -0.25) is 0 Å². The Hall–Kier alpha value is -2.53. The average molecular weight is 530 g/mol. The molecule has 2 aliphatic heterocycles. The molecule has 5 fully saturated rings. The highest BCUT2D eigenvalue weighted by atomic mass is 32.2. The first-order chi connectivity index (χ1) is 17.4. The number of sulfone groups is 1. The summed E-state index contributed by atoms with van der Waals surface area (Å²) < 4.78 is 39.4. The van der Waals surface area contributed by atoms with E-state index in [1.54, 1.807) is 12.4 Å². The molecule has 1 aromatic heterocycles. The quantitative estimate of drug-likeness (QED) is 0.638. The summed E-state index contributed by atoms with van der Waals surface area (Å²) in [5.74, 6) is 0.419. The zero-order valence-electron chi connectivity index (χ0n) is 20.9. The molecule has 0 unspecified atom stereocenters. The number of carbonyl (C=O) groups is 1. The van der Waals surface area contributed by atoms with Crippen LogP contribution < -0.4 is 0 Å². The lowest BCUT2D eigenvalue weighted by molar-refractivity contribution is -0.107. The third-order valence-corrected chi connectivity index (χ3v) is 10.4. The summed E-state index contributed by atoms with van der Waals surface area (Å²) >= 11 is 0. The highest BCUT2D eigenvalue weighted by molar-refractivity contribution is 7.90. The van der Waals surface area contributed by atoms with Gasteiger partial charge in [-0.2, -0.15) is 5.10 Å². The molecule has 9 nitrogen and oxygen atoms in total. The Kier molecular flexibility index (Phi) is 4.80. The topological polar surface area (TPSA) is 109 Å². The molecule has 37 heavy (non-hydrogen) atoms. The largest absolute Gasteiger partial charge is 0.382 e. The van der Waals surface area contributed by atoms with Crippen molar-refractivity contribution < 1.29 is 22.7 Å². The summed E-state index contributed by atoms with van der Waals surface area (Å²) in [6.45, 7) is 3.14. The molecule has 198 valence electrons. The van der Waals surface area contributed by atoms with Crippen molar-refractivity contribution in [1.82, 2.24) is 24.6 Å². The third kappa shape index (κ3) is 3.96. The predicted octanol–water partition coefficient (Wildman–Crippen LogP) is 2.51. The van der Waals surface area contributed by atoms with Crippen LogP contribution in [0.15, 0.2) is 29.4 Å². The Morgan fingerprint density at radius 3 is 2.27 bits per heavy atom. The molecular weight excluding hydrogens is 497 g/mol. The Morgan fingerprint density at radius 1 is 1.05 bits per heavy atom. The molecule has 11 heteroatoms. The minimum atomic E-state index is -3.44. The van der Waals surface area contributed by atoms with Crippen molar-refractivity contribution in [2.24, 2.45) is 16.7 Å². The second kappa shape index (κ2) is 7.53. The first-order valence-corrected chi connectivity index (χ1v) is 15.0. The Morgan fingerprint density at radius 2 is 1.68 bits per heavy atom. The van der Waals surface area contributed by atoms with Crippen molar-refractivity contribution in [2.45, 2.75) is 61.5 Å². The third-order valence-electron chi connectivity index (χ3n) is 9.33. The van der Waals surface area contributed by atoms with Crippen LogP contribution in [0.4, 0.5) is 9.18 Å². The van der Waals surface area contributed by atoms with Crippen LogP contribution in [0.25, 0.3) is 0 Å². The predicted molar refractivity (Wildman–Crippen MR) is 131 cm³/mol. The standard InChI is InChI=1S/C26H32FN5O4S/c1-37(35,36)21-6-17(5-19(27)7-21)4-18-8-24(9-18)12-30(13-24)23(33)31-14-25(15-31)10-20(11-25)32-16-28-22(29-32)26(34)2-3-26/h5-7,16,18,20,34H,2-4,8-15H2,1H3. The van der Waals surface area contributed by atoms with Gasteiger partial charge in [0, 0.05) is 43.3 Å². The maximum Gasteiger partial charge on any atom is 0.320 e. The van der Waals surface area contributed by atoms with Crippen molar-refractivity contribution in [2.75, 3.05) is 32.4 Å². The van der Waals surface area contributed by atoms with E-state index in [0.29, 0.717) is 24.2 Å². The number of hydrogen-bond acceptors (Lipinski definition) is 6. The van der Waals surface area contributed by atoms with E-state index in [0.717, 1.165) is 82.6 Å². The minimum Gasteiger partial charge on any atom is -0.382 e. The Labute approximate surface area is 215 Å². The van der Waals surface area contributed by atoms with Gasteiger partial charge in [0.2, 0.25) is 0 Å². The van der Waals surface area contributed by atoms with Gasteiger partial charge in [-0.05, 0) is 74.6 Å². The first-order valence-electron chi connectivity index (χ1n) is 13.1. The maximum absolute atomic E-state index is 13.9. The molecule has 3 aliphatic carbocycles. The first kappa shape index (κ1) is 23.6. The van der Waals surface area contributed by atoms with Crippen LogP contribution in [0.1, 0.15) is 56.0 Å². The number of benzene rings is 1. The van der Waals surface area contributed by atoms with E-state index in [2.05, 4.69) is 10.1 Å². The highest BCUT2D eigenvalue weighted by Gasteiger charge is 2.58. The van der Waals surface area contributed by atoms with Crippen molar-refractivity contribution in [3.05, 3.63) is 41.7 Å². The number of likely N-dealkylation sites (tertiary alicyclic amines) is 2. The van der Waals surface area contributed by atoms with E-state index >= 15 is 0 Å². The molecule has 7 rings (SSSR count). The molecule has 3 saturated carbocycles. The number of aromatic nitrogens is 3. The van der Waals surface area contributed by atoms with Crippen LogP contribution in [0.2, 0.25) is 0 Å². The van der Waals surface area contributed by atoms with Crippen LogP contribution in [0, 0.1) is 22.6 Å². The summed E-state index contributed by atoms with van der Waals surface area (Å²) in [4.78, 5) is 21.2. The van der Waals surface area contributed by atoms with Crippen molar-refractivity contribution >= 4 is 15.9 Å². The lowest BCUT2D eigenvalue weighted by Crippen LogP contribution is -2.71. The van der Waals surface area contributed by atoms with Crippen molar-refractivity contribution in [3.63, 3.8) is 0 Å². The zero-order chi connectivity index (χ0) is 25.8. The summed E-state index contributed by atoms with van der Waals surface area (Å²) in [5, 5.41) is 14.7. The van der Waals surface area contributed by atoms with Crippen LogP contribution in [-0.4, -0.2) is 76.6 Å². The normalized spacial score (nSPS) is 25.4. The lowest BCUT2D eigenvalue weighted by Gasteiger charge is -2.63. The van der Waals surface area contributed by atoms with E-state index in [1.807, 2.05) is 14.5 Å². The number of rotatable bonds is 5. The number of urea groups is 1. The van der Waals surface area contributed by atoms with E-state index in [-0.39, 0.29) is 21.8 Å². The highest BCUT2D eigenvalue weighted by Crippen LogP contribution is 2.56. The lowest BCUT2D eigenvalue weighted by atomic mass is 9.56. The van der Waals surface area contributed by atoms with Gasteiger partial charge in [0.1, 0.15) is 17.7 Å². The molecule has 0 atom stereocenters. The molecule has 2 amide bonds. The number of carbonyl (C=O) groups excluding carboxylic acids is 1. The fourth-order valence-electron chi connectivity index (χ4n) is 7.24. The fourth-order valence-corrected chi connectivity index (χ4v) is 7.93. The molecule has 2 aromatic rings. The van der Waals surface area contributed by atoms with Crippen LogP contribution in [-0.2, 0) is 21.9 Å². The van der Waals surface area contributed by atoms with Gasteiger partial charge in [-0.1, -0.05) is 0 Å². The van der Waals surface area contributed by atoms with Gasteiger partial charge in [0.25, 0.3) is 0 Å². The second-order valence-electron chi connectivity index (χ2n) is 12.7. The number of hydrogen-bond donors (Lipinski definition) is 1. The van der Waals surface area contributed by atoms with Gasteiger partial charge in [0.15, 0.2) is 15.7 Å². The van der Waals surface area contributed by atoms with Gasteiger partial charge in [-0.25, -0.2) is 27.3 Å². The Bertz CT molecular complexity index is 1380. The molecule has 0 bridgehead atoms. The van der Waals surface area contributed by atoms with Crippen LogP contribution in [0.3, 0.4) is 0 Å². The van der Waals surface area contributed by atoms with Crippen LogP contribution >= 0.6 is 0 Å². The van der Waals surface area contributed by atoms with Gasteiger partial charge in [0.05, 0.1) is 10.9 Å². The average Bonchev–Trinajstić information content (AvgIpc) is 3.26. The SMILES string of the molecule is CS(=O)(=O)c1cc(F)cc(CC2CC3(C2)CN(C(=O)N2CC4(CC(n5cnc(C6(O)CC6)n5)C4)C2)C3)c1. The van der Waals surface area contributed by atoms with E-state index < -0.39 is 21.3 Å². The molecule has 1 aromatic carbocycles. The van der Waals surface area contributed by atoms with E-state index in [4.69, 9.17) is 0 Å². The molecule has 0 radical (unpaired) electrons. The fraction of sp³-hybridized carbons (Fsp3) is 0.654. The molecule has 1 N–H and O–H groups in total. The molecular formula is C26H32FN5O4S. The number of aliphatic hydroxyl groups is 1. The number of nitrogens with zero attached hydrogens (tertiary/aromatic N) is 5. The summed E-state index contributed by atoms with van der Waals surface area (Å²) in [5.41, 5.74) is 0.294.